The molecular formula is C16H36IN3O4S. The molecule has 0 aliphatic rings. The molecule has 0 amide bonds. The van der Waals surface area contributed by atoms with Gasteiger partial charge in [-0.25, -0.2) is 8.42 Å². The summed E-state index contributed by atoms with van der Waals surface area (Å²) in [4.78, 5) is 4.47. The average molecular weight is 493 g/mol. The second kappa shape index (κ2) is 15.0. The van der Waals surface area contributed by atoms with Gasteiger partial charge in [0.25, 0.3) is 0 Å². The third kappa shape index (κ3) is 15.8. The maximum atomic E-state index is 11.0. The van der Waals surface area contributed by atoms with Crippen LogP contribution in [0.4, 0.5) is 0 Å². The van der Waals surface area contributed by atoms with Crippen LogP contribution in [-0.4, -0.2) is 69.9 Å². The Morgan fingerprint density at radius 1 is 1.12 bits per heavy atom. The first-order chi connectivity index (χ1) is 11.3. The van der Waals surface area contributed by atoms with Gasteiger partial charge in [0.2, 0.25) is 0 Å². The highest BCUT2D eigenvalue weighted by molar-refractivity contribution is 14.0. The SMILES string of the molecule is CCCC(O)(CCC)CN=C(NCC)NCCOCCS(C)(=O)=O.I. The van der Waals surface area contributed by atoms with Crippen LogP contribution in [0.1, 0.15) is 46.5 Å². The fourth-order valence-corrected chi connectivity index (χ4v) is 2.76. The van der Waals surface area contributed by atoms with E-state index in [1.165, 1.54) is 6.26 Å². The van der Waals surface area contributed by atoms with E-state index in [1.54, 1.807) is 0 Å². The number of nitrogens with one attached hydrogen (secondary N) is 2. The van der Waals surface area contributed by atoms with Crippen molar-refractivity contribution in [1.82, 2.24) is 10.6 Å². The summed E-state index contributed by atoms with van der Waals surface area (Å²) in [6.07, 6.45) is 4.50. The summed E-state index contributed by atoms with van der Waals surface area (Å²) < 4.78 is 27.3. The van der Waals surface area contributed by atoms with Crippen LogP contribution in [0.3, 0.4) is 0 Å². The van der Waals surface area contributed by atoms with Crippen molar-refractivity contribution in [2.45, 2.75) is 52.1 Å². The molecule has 7 nitrogen and oxygen atoms in total. The highest BCUT2D eigenvalue weighted by Gasteiger charge is 2.24. The number of rotatable bonds is 13. The zero-order valence-electron chi connectivity index (χ0n) is 16.0. The van der Waals surface area contributed by atoms with Crippen molar-refractivity contribution >= 4 is 39.8 Å². The number of aliphatic imine (C=N–C) groups is 1. The smallest absolute Gasteiger partial charge is 0.191 e. The lowest BCUT2D eigenvalue weighted by atomic mass is 9.93. The number of sulfone groups is 1. The monoisotopic (exact) mass is 493 g/mol. The minimum absolute atomic E-state index is 0. The number of ether oxygens (including phenoxy) is 1. The normalized spacial score (nSPS) is 12.6. The number of aliphatic hydroxyl groups is 1. The summed E-state index contributed by atoms with van der Waals surface area (Å²) in [6, 6.07) is 0. The standard InChI is InChI=1S/C16H35N3O4S.HI/c1-5-8-16(20,9-6-2)14-19-15(17-7-3)18-10-11-23-12-13-24(4,21)22;/h20H,5-14H2,1-4H3,(H2,17,18,19);1H. The van der Waals surface area contributed by atoms with Gasteiger partial charge in [0, 0.05) is 19.3 Å². The number of nitrogens with zero attached hydrogens (tertiary/aromatic N) is 1. The van der Waals surface area contributed by atoms with Gasteiger partial charge in [-0.2, -0.15) is 0 Å². The van der Waals surface area contributed by atoms with Gasteiger partial charge >= 0.3 is 0 Å². The van der Waals surface area contributed by atoms with E-state index in [4.69, 9.17) is 4.74 Å². The first kappa shape index (κ1) is 27.1. The largest absolute Gasteiger partial charge is 0.388 e. The van der Waals surface area contributed by atoms with Crippen LogP contribution < -0.4 is 10.6 Å². The lowest BCUT2D eigenvalue weighted by Gasteiger charge is -2.26. The maximum absolute atomic E-state index is 11.0. The fourth-order valence-electron chi connectivity index (χ4n) is 2.34. The summed E-state index contributed by atoms with van der Waals surface area (Å²) in [5, 5.41) is 16.9. The van der Waals surface area contributed by atoms with Gasteiger partial charge in [0.15, 0.2) is 5.96 Å². The maximum Gasteiger partial charge on any atom is 0.191 e. The Morgan fingerprint density at radius 3 is 2.20 bits per heavy atom. The molecule has 9 heteroatoms. The number of halogens is 1. The zero-order chi connectivity index (χ0) is 18.5. The molecule has 0 rings (SSSR count). The Kier molecular flexibility index (Phi) is 16.2. The molecule has 0 heterocycles. The van der Waals surface area contributed by atoms with Gasteiger partial charge in [-0.05, 0) is 19.8 Å². The molecule has 152 valence electrons. The minimum atomic E-state index is -2.98. The molecule has 0 fully saturated rings. The van der Waals surface area contributed by atoms with Crippen LogP contribution in [-0.2, 0) is 14.6 Å². The van der Waals surface area contributed by atoms with Crippen LogP contribution in [0.25, 0.3) is 0 Å². The lowest BCUT2D eigenvalue weighted by Crippen LogP contribution is -2.41. The van der Waals surface area contributed by atoms with Crippen LogP contribution in [0.15, 0.2) is 4.99 Å². The summed E-state index contributed by atoms with van der Waals surface area (Å²) >= 11 is 0. The van der Waals surface area contributed by atoms with E-state index in [0.717, 1.165) is 32.2 Å². The van der Waals surface area contributed by atoms with E-state index >= 15 is 0 Å². The van der Waals surface area contributed by atoms with Crippen molar-refractivity contribution in [2.75, 3.05) is 44.9 Å². The Balaban J connectivity index is 0. The van der Waals surface area contributed by atoms with Crippen LogP contribution in [0.5, 0.6) is 0 Å². The predicted molar refractivity (Wildman–Crippen MR) is 115 cm³/mol. The highest BCUT2D eigenvalue weighted by Crippen LogP contribution is 2.19. The van der Waals surface area contributed by atoms with Gasteiger partial charge in [-0.1, -0.05) is 26.7 Å². The van der Waals surface area contributed by atoms with Crippen LogP contribution >= 0.6 is 24.0 Å². The van der Waals surface area contributed by atoms with Crippen molar-refractivity contribution in [1.29, 1.82) is 0 Å². The Bertz CT molecular complexity index is 452. The molecule has 0 bridgehead atoms. The highest BCUT2D eigenvalue weighted by atomic mass is 127. The molecule has 0 aromatic heterocycles. The topological polar surface area (TPSA) is 100 Å². The average Bonchev–Trinajstić information content (AvgIpc) is 2.47. The quantitative estimate of drug-likeness (QED) is 0.156. The molecule has 0 aliphatic carbocycles. The fraction of sp³-hybridized carbons (Fsp3) is 0.938. The van der Waals surface area contributed by atoms with Gasteiger partial charge < -0.3 is 20.5 Å². The zero-order valence-corrected chi connectivity index (χ0v) is 19.2. The van der Waals surface area contributed by atoms with Crippen LogP contribution in [0, 0.1) is 0 Å². The number of hydrogen-bond donors (Lipinski definition) is 3. The molecular weight excluding hydrogens is 457 g/mol. The molecule has 0 unspecified atom stereocenters. The van der Waals surface area contributed by atoms with Crippen molar-refractivity contribution in [2.24, 2.45) is 4.99 Å². The molecule has 0 aromatic carbocycles. The van der Waals surface area contributed by atoms with E-state index in [9.17, 15) is 13.5 Å². The summed E-state index contributed by atoms with van der Waals surface area (Å²) in [7, 11) is -2.98. The molecule has 0 aliphatic heterocycles. The molecule has 25 heavy (non-hydrogen) atoms. The van der Waals surface area contributed by atoms with Gasteiger partial charge in [0.1, 0.15) is 9.84 Å². The lowest BCUT2D eigenvalue weighted by molar-refractivity contribution is 0.0306. The Morgan fingerprint density at radius 2 is 1.72 bits per heavy atom. The summed E-state index contributed by atoms with van der Waals surface area (Å²) in [5.74, 6) is 0.664. The van der Waals surface area contributed by atoms with Crippen LogP contribution in [0.2, 0.25) is 0 Å². The predicted octanol–water partition coefficient (Wildman–Crippen LogP) is 1.55. The Labute approximate surface area is 170 Å². The first-order valence-corrected chi connectivity index (χ1v) is 10.8. The number of guanidine groups is 1. The van der Waals surface area contributed by atoms with Gasteiger partial charge in [-0.15, -0.1) is 24.0 Å². The van der Waals surface area contributed by atoms with Crippen molar-refractivity contribution in [3.63, 3.8) is 0 Å². The summed E-state index contributed by atoms with van der Waals surface area (Å²) in [6.45, 7) is 8.29. The summed E-state index contributed by atoms with van der Waals surface area (Å²) in [5.41, 5.74) is -0.752. The van der Waals surface area contributed by atoms with E-state index in [-0.39, 0.29) is 36.3 Å². The molecule has 0 aromatic rings. The molecule has 0 spiro atoms. The van der Waals surface area contributed by atoms with Gasteiger partial charge in [-0.3, -0.25) is 4.99 Å². The number of hydrogen-bond acceptors (Lipinski definition) is 5. The minimum Gasteiger partial charge on any atom is -0.388 e. The van der Waals surface area contributed by atoms with E-state index < -0.39 is 15.4 Å². The van der Waals surface area contributed by atoms with Gasteiger partial charge in [0.05, 0.1) is 31.1 Å². The van der Waals surface area contributed by atoms with E-state index in [2.05, 4.69) is 29.5 Å². The molecule has 0 atom stereocenters. The van der Waals surface area contributed by atoms with Crippen molar-refractivity contribution in [3.05, 3.63) is 0 Å². The molecule has 3 N–H and O–H groups in total. The second-order valence-corrected chi connectivity index (χ2v) is 8.35. The van der Waals surface area contributed by atoms with E-state index in [0.29, 0.717) is 25.7 Å². The molecule has 0 saturated heterocycles. The first-order valence-electron chi connectivity index (χ1n) is 8.76. The second-order valence-electron chi connectivity index (χ2n) is 6.09. The Hall–Kier alpha value is -0.130. The van der Waals surface area contributed by atoms with E-state index in [1.807, 2.05) is 6.92 Å². The molecule has 0 radical (unpaired) electrons. The molecule has 0 saturated carbocycles. The van der Waals surface area contributed by atoms with Crippen molar-refractivity contribution in [3.8, 4) is 0 Å². The third-order valence-electron chi connectivity index (χ3n) is 3.44. The third-order valence-corrected chi connectivity index (χ3v) is 4.35. The van der Waals surface area contributed by atoms with Crippen molar-refractivity contribution < 1.29 is 18.3 Å².